The van der Waals surface area contributed by atoms with Crippen LogP contribution in [0.3, 0.4) is 0 Å². The zero-order valence-corrected chi connectivity index (χ0v) is 30.6. The van der Waals surface area contributed by atoms with Gasteiger partial charge >= 0.3 is 317 Å². The Hall–Kier alpha value is -6.83. The number of hydrogen-bond acceptors (Lipinski definition) is 1. The van der Waals surface area contributed by atoms with Crippen molar-refractivity contribution in [1.29, 1.82) is 5.26 Å². The second-order valence-electron chi connectivity index (χ2n) is 14.1. The second-order valence-corrected chi connectivity index (χ2v) is 16.3. The molecule has 12 rings (SSSR count). The molecule has 0 saturated carbocycles. The van der Waals surface area contributed by atoms with E-state index in [0.29, 0.717) is 5.56 Å². The molecule has 4 aromatic heterocycles. The van der Waals surface area contributed by atoms with Gasteiger partial charge in [0.25, 0.3) is 0 Å². The van der Waals surface area contributed by atoms with Gasteiger partial charge in [0.15, 0.2) is 0 Å². The zero-order valence-electron chi connectivity index (χ0n) is 28.9. The number of rotatable bonds is 3. The van der Waals surface area contributed by atoms with Gasteiger partial charge in [-0.2, -0.15) is 0 Å². The van der Waals surface area contributed by atoms with Gasteiger partial charge in [-0.25, -0.2) is 0 Å². The molecule has 0 spiro atoms. The number of hydrogen-bond donors (Lipinski definition) is 0. The zero-order chi connectivity index (χ0) is 35.5. The summed E-state index contributed by atoms with van der Waals surface area (Å²) in [6.07, 6.45) is 0. The molecule has 0 aliphatic rings. The predicted molar refractivity (Wildman–Crippen MR) is 226 cm³/mol. The minimum absolute atomic E-state index is 0.206. The van der Waals surface area contributed by atoms with Crippen LogP contribution < -0.4 is 0 Å². The van der Waals surface area contributed by atoms with Crippen molar-refractivity contribution in [1.82, 2.24) is 13.7 Å². The Bertz CT molecular complexity index is 3570. The number of nitriles is 1. The number of para-hydroxylation sites is 4. The first-order valence-corrected chi connectivity index (χ1v) is 19.9. The van der Waals surface area contributed by atoms with Gasteiger partial charge in [0.2, 0.25) is 0 Å². The Morgan fingerprint density at radius 2 is 0.833 bits per heavy atom. The van der Waals surface area contributed by atoms with Crippen molar-refractivity contribution in [3.8, 4) is 23.1 Å². The molecule has 0 amide bonds. The van der Waals surface area contributed by atoms with Crippen molar-refractivity contribution in [3.05, 3.63) is 175 Å². The van der Waals surface area contributed by atoms with Gasteiger partial charge in [-0.1, -0.05) is 0 Å². The average molecular weight is 752 g/mol. The molecule has 12 aromatic rings. The van der Waals surface area contributed by atoms with Crippen LogP contribution in [0.1, 0.15) is 5.56 Å². The standard InChI is InChI=1S/C49H28N4Se/c50-29-30-18-23-45-39(26-30)36-14-6-7-15-42(36)51(45)32-19-24-46-40(27-32)41-28-33(20-25-47(41)54-46)53-44-17-9-5-13-35(44)38-22-21-37-34-12-4-8-16-43(34)52(48(37)49(38)53)31-10-2-1-3-11-31/h1-28H. The average Bonchev–Trinajstić information content (AvgIpc) is 3.96. The van der Waals surface area contributed by atoms with E-state index in [9.17, 15) is 5.26 Å². The van der Waals surface area contributed by atoms with Gasteiger partial charge in [-0.05, 0) is 0 Å². The normalized spacial score (nSPS) is 12.1. The van der Waals surface area contributed by atoms with Crippen LogP contribution in [0.4, 0.5) is 0 Å². The third-order valence-electron chi connectivity index (χ3n) is 11.2. The summed E-state index contributed by atoms with van der Waals surface area (Å²) in [5.74, 6) is 0. The number of aromatic nitrogens is 3. The Kier molecular flexibility index (Phi) is 6.10. The van der Waals surface area contributed by atoms with Crippen molar-refractivity contribution in [3.63, 3.8) is 0 Å². The molecule has 4 nitrogen and oxygen atoms in total. The molecule has 4 heterocycles. The SMILES string of the molecule is N#Cc1ccc2c(c1)c1ccccc1n2-c1ccc2[se]c3ccc(-n4c5ccccc5c5ccc6c7ccccc7n(-c7ccccc7)c6c54)cc3c2c1. The first-order valence-electron chi connectivity index (χ1n) is 18.2. The molecule has 0 unspecified atom stereocenters. The first-order chi connectivity index (χ1) is 26.7. The van der Waals surface area contributed by atoms with Crippen LogP contribution in [-0.4, -0.2) is 28.2 Å². The van der Waals surface area contributed by atoms with Gasteiger partial charge in [0, 0.05) is 0 Å². The molecule has 0 bridgehead atoms. The summed E-state index contributed by atoms with van der Waals surface area (Å²) in [4.78, 5) is 0. The third-order valence-corrected chi connectivity index (χ3v) is 13.7. The Balaban J connectivity index is 1.16. The van der Waals surface area contributed by atoms with Gasteiger partial charge in [-0.15, -0.1) is 0 Å². The van der Waals surface area contributed by atoms with Crippen molar-refractivity contribution < 1.29 is 0 Å². The maximum absolute atomic E-state index is 9.69. The van der Waals surface area contributed by atoms with E-state index in [4.69, 9.17) is 0 Å². The topological polar surface area (TPSA) is 38.6 Å². The van der Waals surface area contributed by atoms with Crippen LogP contribution in [0.25, 0.3) is 102 Å². The van der Waals surface area contributed by atoms with Crippen LogP contribution in [0.15, 0.2) is 170 Å². The van der Waals surface area contributed by atoms with E-state index in [1.807, 2.05) is 12.1 Å². The van der Waals surface area contributed by atoms with Crippen molar-refractivity contribution in [2.45, 2.75) is 0 Å². The molecule has 0 aliphatic carbocycles. The van der Waals surface area contributed by atoms with E-state index < -0.39 is 0 Å². The summed E-state index contributed by atoms with van der Waals surface area (Å²) in [7, 11) is 0. The monoisotopic (exact) mass is 752 g/mol. The Morgan fingerprint density at radius 3 is 1.43 bits per heavy atom. The molecule has 54 heavy (non-hydrogen) atoms. The fourth-order valence-corrected chi connectivity index (χ4v) is 11.2. The van der Waals surface area contributed by atoms with Crippen LogP contribution >= 0.6 is 0 Å². The summed E-state index contributed by atoms with van der Waals surface area (Å²) >= 11 is 0.206. The molecule has 8 aromatic carbocycles. The summed E-state index contributed by atoms with van der Waals surface area (Å²) in [5.41, 5.74) is 11.2. The second kappa shape index (κ2) is 11.1. The molecule has 250 valence electrons. The van der Waals surface area contributed by atoms with Crippen LogP contribution in [0, 0.1) is 11.3 Å². The van der Waals surface area contributed by atoms with Crippen LogP contribution in [0.5, 0.6) is 0 Å². The minimum atomic E-state index is 0.206. The van der Waals surface area contributed by atoms with E-state index in [1.165, 1.54) is 62.9 Å². The van der Waals surface area contributed by atoms with Gasteiger partial charge in [0.05, 0.1) is 0 Å². The third kappa shape index (κ3) is 4.01. The van der Waals surface area contributed by atoms with Crippen molar-refractivity contribution >= 4 is 99.2 Å². The van der Waals surface area contributed by atoms with Crippen molar-refractivity contribution in [2.24, 2.45) is 0 Å². The van der Waals surface area contributed by atoms with E-state index in [0.717, 1.165) is 38.9 Å². The van der Waals surface area contributed by atoms with Crippen LogP contribution in [0.2, 0.25) is 0 Å². The quantitative estimate of drug-likeness (QED) is 0.166. The molecule has 0 fully saturated rings. The maximum atomic E-state index is 9.69. The number of nitrogens with zero attached hydrogens (tertiary/aromatic N) is 4. The molecule has 0 radical (unpaired) electrons. The summed E-state index contributed by atoms with van der Waals surface area (Å²) in [5, 5.41) is 19.5. The molecular weight excluding hydrogens is 724 g/mol. The van der Waals surface area contributed by atoms with E-state index in [-0.39, 0.29) is 14.5 Å². The Morgan fingerprint density at radius 1 is 0.352 bits per heavy atom. The first kappa shape index (κ1) is 29.7. The molecule has 0 atom stereocenters. The molecule has 0 N–H and O–H groups in total. The number of benzene rings is 8. The predicted octanol–water partition coefficient (Wildman–Crippen LogP) is 12.2. The van der Waals surface area contributed by atoms with E-state index in [1.54, 1.807) is 0 Å². The van der Waals surface area contributed by atoms with Crippen LogP contribution in [-0.2, 0) is 0 Å². The summed E-state index contributed by atoms with van der Waals surface area (Å²) in [6, 6.07) is 64.0. The van der Waals surface area contributed by atoms with Gasteiger partial charge in [0.1, 0.15) is 0 Å². The van der Waals surface area contributed by atoms with Crippen molar-refractivity contribution in [2.75, 3.05) is 0 Å². The molecule has 0 saturated heterocycles. The fraction of sp³-hybridized carbons (Fsp3) is 0. The molecular formula is C49H28N4Se. The van der Waals surface area contributed by atoms with Gasteiger partial charge < -0.3 is 0 Å². The fourth-order valence-electron chi connectivity index (χ4n) is 8.97. The Labute approximate surface area is 315 Å². The van der Waals surface area contributed by atoms with E-state index in [2.05, 4.69) is 177 Å². The molecule has 0 aliphatic heterocycles. The summed E-state index contributed by atoms with van der Waals surface area (Å²) < 4.78 is 10.1. The molecule has 5 heteroatoms. The van der Waals surface area contributed by atoms with Gasteiger partial charge in [-0.3, -0.25) is 0 Å². The summed E-state index contributed by atoms with van der Waals surface area (Å²) in [6.45, 7) is 0. The van der Waals surface area contributed by atoms with E-state index >= 15 is 0 Å². The number of fused-ring (bicyclic) bond motifs is 13.